The minimum Gasteiger partial charge on any atom is -0.484 e. The molecular formula is C24H22N2O4S. The first-order valence-electron chi connectivity index (χ1n) is 9.93. The Morgan fingerprint density at radius 2 is 1.94 bits per heavy atom. The van der Waals surface area contributed by atoms with Crippen LogP contribution in [-0.2, 0) is 11.2 Å². The largest absolute Gasteiger partial charge is 0.484 e. The van der Waals surface area contributed by atoms with Crippen LogP contribution in [0.2, 0.25) is 0 Å². The summed E-state index contributed by atoms with van der Waals surface area (Å²) >= 11 is 1.64. The van der Waals surface area contributed by atoms with E-state index in [0.717, 1.165) is 39.2 Å². The summed E-state index contributed by atoms with van der Waals surface area (Å²) in [5.41, 5.74) is 4.09. The van der Waals surface area contributed by atoms with Gasteiger partial charge in [0.1, 0.15) is 11.3 Å². The van der Waals surface area contributed by atoms with Crippen molar-refractivity contribution in [2.24, 2.45) is 0 Å². The predicted molar refractivity (Wildman–Crippen MR) is 122 cm³/mol. The maximum atomic E-state index is 12.1. The lowest BCUT2D eigenvalue weighted by Gasteiger charge is -2.09. The fourth-order valence-electron chi connectivity index (χ4n) is 3.28. The zero-order valence-electron chi connectivity index (χ0n) is 17.3. The van der Waals surface area contributed by atoms with Crippen molar-refractivity contribution < 1.29 is 13.9 Å². The van der Waals surface area contributed by atoms with Crippen molar-refractivity contribution in [3.8, 4) is 17.0 Å². The Hall–Kier alpha value is -3.45. The van der Waals surface area contributed by atoms with E-state index in [0.29, 0.717) is 17.9 Å². The summed E-state index contributed by atoms with van der Waals surface area (Å²) in [6.45, 7) is 4.25. The quantitative estimate of drug-likeness (QED) is 0.439. The Labute approximate surface area is 183 Å². The molecule has 0 unspecified atom stereocenters. The van der Waals surface area contributed by atoms with Gasteiger partial charge in [-0.3, -0.25) is 4.79 Å². The number of nitrogens with one attached hydrogen (secondary N) is 1. The van der Waals surface area contributed by atoms with Crippen LogP contribution in [0.5, 0.6) is 5.75 Å². The van der Waals surface area contributed by atoms with E-state index in [-0.39, 0.29) is 12.5 Å². The molecule has 4 rings (SSSR count). The second-order valence-electron chi connectivity index (χ2n) is 7.24. The molecule has 2 aromatic heterocycles. The van der Waals surface area contributed by atoms with Gasteiger partial charge in [0.2, 0.25) is 0 Å². The van der Waals surface area contributed by atoms with Gasteiger partial charge in [0, 0.05) is 35.0 Å². The van der Waals surface area contributed by atoms with Gasteiger partial charge in [0.25, 0.3) is 5.91 Å². The minimum atomic E-state index is -0.408. The van der Waals surface area contributed by atoms with E-state index in [1.165, 1.54) is 6.07 Å². The number of benzene rings is 2. The molecule has 2 heterocycles. The molecule has 0 aliphatic rings. The van der Waals surface area contributed by atoms with Crippen molar-refractivity contribution in [1.82, 2.24) is 10.3 Å². The Morgan fingerprint density at radius 3 is 2.68 bits per heavy atom. The summed E-state index contributed by atoms with van der Waals surface area (Å²) < 4.78 is 10.7. The minimum absolute atomic E-state index is 0.107. The van der Waals surface area contributed by atoms with E-state index in [4.69, 9.17) is 9.15 Å². The van der Waals surface area contributed by atoms with Crippen LogP contribution in [0.15, 0.2) is 63.1 Å². The van der Waals surface area contributed by atoms with E-state index in [2.05, 4.69) is 39.9 Å². The first kappa shape index (κ1) is 20.8. The molecular weight excluding hydrogens is 412 g/mol. The summed E-state index contributed by atoms with van der Waals surface area (Å²) in [5, 5.41) is 6.80. The third-order valence-corrected chi connectivity index (χ3v) is 5.67. The van der Waals surface area contributed by atoms with Crippen LogP contribution < -0.4 is 15.7 Å². The number of carbonyl (C=O) groups excluding carboxylic acids is 1. The van der Waals surface area contributed by atoms with E-state index >= 15 is 0 Å². The number of rotatable bonds is 7. The standard InChI is InChI=1S/C24H22N2O4S/c1-15-11-24(28)30-22-12-19(7-8-20(15)22)29-13-23(27)25-10-9-17-3-5-18(6-4-17)21-14-31-16(2)26-21/h3-8,11-12,14H,9-10,13H2,1-2H3,(H,25,27). The second-order valence-corrected chi connectivity index (χ2v) is 8.31. The summed E-state index contributed by atoms with van der Waals surface area (Å²) in [6.07, 6.45) is 0.725. The Kier molecular flexibility index (Phi) is 6.13. The number of nitrogens with zero attached hydrogens (tertiary/aromatic N) is 1. The van der Waals surface area contributed by atoms with Crippen LogP contribution in [0.1, 0.15) is 16.1 Å². The van der Waals surface area contributed by atoms with Gasteiger partial charge in [-0.2, -0.15) is 0 Å². The summed E-state index contributed by atoms with van der Waals surface area (Å²) in [5.74, 6) is 0.268. The van der Waals surface area contributed by atoms with Crippen LogP contribution >= 0.6 is 11.3 Å². The second kappa shape index (κ2) is 9.14. The number of hydrogen-bond donors (Lipinski definition) is 1. The van der Waals surface area contributed by atoms with Crippen molar-refractivity contribution in [2.75, 3.05) is 13.2 Å². The van der Waals surface area contributed by atoms with Gasteiger partial charge in [-0.05, 0) is 43.5 Å². The van der Waals surface area contributed by atoms with Gasteiger partial charge in [-0.15, -0.1) is 11.3 Å². The summed E-state index contributed by atoms with van der Waals surface area (Å²) in [6, 6.07) is 14.9. The number of aryl methyl sites for hydroxylation is 2. The van der Waals surface area contributed by atoms with Gasteiger partial charge >= 0.3 is 5.63 Å². The predicted octanol–water partition coefficient (Wildman–Crippen LogP) is 4.27. The van der Waals surface area contributed by atoms with Crippen molar-refractivity contribution >= 4 is 28.2 Å². The lowest BCUT2D eigenvalue weighted by molar-refractivity contribution is -0.123. The highest BCUT2D eigenvalue weighted by atomic mass is 32.1. The molecule has 6 nitrogen and oxygen atoms in total. The molecule has 1 N–H and O–H groups in total. The number of aromatic nitrogens is 1. The fourth-order valence-corrected chi connectivity index (χ4v) is 3.90. The molecule has 0 spiro atoms. The number of hydrogen-bond acceptors (Lipinski definition) is 6. The van der Waals surface area contributed by atoms with Crippen molar-refractivity contribution in [3.63, 3.8) is 0 Å². The van der Waals surface area contributed by atoms with Crippen LogP contribution in [-0.4, -0.2) is 24.0 Å². The van der Waals surface area contributed by atoms with Crippen LogP contribution in [0, 0.1) is 13.8 Å². The van der Waals surface area contributed by atoms with Gasteiger partial charge in [0.05, 0.1) is 10.7 Å². The number of amides is 1. The average molecular weight is 435 g/mol. The third-order valence-electron chi connectivity index (χ3n) is 4.90. The first-order chi connectivity index (χ1) is 15.0. The highest BCUT2D eigenvalue weighted by Gasteiger charge is 2.07. The van der Waals surface area contributed by atoms with E-state index in [9.17, 15) is 9.59 Å². The lowest BCUT2D eigenvalue weighted by Crippen LogP contribution is -2.30. The highest BCUT2D eigenvalue weighted by Crippen LogP contribution is 2.23. The number of ether oxygens (including phenoxy) is 1. The first-order valence-corrected chi connectivity index (χ1v) is 10.8. The molecule has 0 saturated carbocycles. The molecule has 7 heteroatoms. The molecule has 158 valence electrons. The molecule has 0 saturated heterocycles. The third kappa shape index (κ3) is 5.19. The molecule has 0 atom stereocenters. The van der Waals surface area contributed by atoms with Crippen molar-refractivity contribution in [2.45, 2.75) is 20.3 Å². The lowest BCUT2D eigenvalue weighted by atomic mass is 10.1. The zero-order chi connectivity index (χ0) is 21.8. The molecule has 0 fully saturated rings. The summed E-state index contributed by atoms with van der Waals surface area (Å²) in [7, 11) is 0. The van der Waals surface area contributed by atoms with Gasteiger partial charge < -0.3 is 14.5 Å². The zero-order valence-corrected chi connectivity index (χ0v) is 18.1. The molecule has 1 amide bonds. The molecule has 0 bridgehead atoms. The van der Waals surface area contributed by atoms with Crippen molar-refractivity contribution in [3.05, 3.63) is 80.5 Å². The highest BCUT2D eigenvalue weighted by molar-refractivity contribution is 7.09. The number of fused-ring (bicyclic) bond motifs is 1. The molecule has 31 heavy (non-hydrogen) atoms. The Bertz CT molecular complexity index is 1270. The maximum absolute atomic E-state index is 12.1. The SMILES string of the molecule is Cc1nc(-c2ccc(CCNC(=O)COc3ccc4c(C)cc(=O)oc4c3)cc2)cs1. The van der Waals surface area contributed by atoms with Crippen LogP contribution in [0.4, 0.5) is 0 Å². The molecule has 0 aliphatic carbocycles. The van der Waals surface area contributed by atoms with Gasteiger partial charge in [0.15, 0.2) is 6.61 Å². The number of carbonyl (C=O) groups is 1. The average Bonchev–Trinajstić information content (AvgIpc) is 3.18. The smallest absolute Gasteiger partial charge is 0.336 e. The van der Waals surface area contributed by atoms with E-state index in [1.807, 2.05) is 19.9 Å². The van der Waals surface area contributed by atoms with E-state index < -0.39 is 5.63 Å². The molecule has 2 aromatic carbocycles. The normalized spacial score (nSPS) is 10.9. The monoisotopic (exact) mass is 434 g/mol. The fraction of sp³-hybridized carbons (Fsp3) is 0.208. The van der Waals surface area contributed by atoms with E-state index in [1.54, 1.807) is 23.5 Å². The van der Waals surface area contributed by atoms with Gasteiger partial charge in [-0.1, -0.05) is 24.3 Å². The Morgan fingerprint density at radius 1 is 1.13 bits per heavy atom. The van der Waals surface area contributed by atoms with Crippen LogP contribution in [0.25, 0.3) is 22.2 Å². The molecule has 0 aliphatic heterocycles. The molecule has 4 aromatic rings. The maximum Gasteiger partial charge on any atom is 0.336 e. The number of thiazole rings is 1. The molecule has 0 radical (unpaired) electrons. The van der Waals surface area contributed by atoms with Crippen LogP contribution in [0.3, 0.4) is 0 Å². The van der Waals surface area contributed by atoms with Crippen molar-refractivity contribution in [1.29, 1.82) is 0 Å². The van der Waals surface area contributed by atoms with Gasteiger partial charge in [-0.25, -0.2) is 9.78 Å². The summed E-state index contributed by atoms with van der Waals surface area (Å²) in [4.78, 5) is 28.1. The Balaban J connectivity index is 1.26. The topological polar surface area (TPSA) is 81.4 Å².